The first-order valence-electron chi connectivity index (χ1n) is 6.15. The molecule has 1 aromatic heterocycles. The second-order valence-corrected chi connectivity index (χ2v) is 4.22. The number of nitro benzene ring substituents is 1. The summed E-state index contributed by atoms with van der Waals surface area (Å²) in [6.07, 6.45) is 2.22. The van der Waals surface area contributed by atoms with Gasteiger partial charge in [0.2, 0.25) is 0 Å². The second kappa shape index (κ2) is 6.00. The van der Waals surface area contributed by atoms with Crippen LogP contribution < -0.4 is 10.6 Å². The number of anilines is 2. The molecule has 2 rings (SSSR count). The van der Waals surface area contributed by atoms with Crippen LogP contribution in [0, 0.1) is 10.1 Å². The van der Waals surface area contributed by atoms with Gasteiger partial charge in [0.15, 0.2) is 5.82 Å². The number of para-hydroxylation sites is 1. The molecule has 0 aliphatic heterocycles. The number of hydrogen-bond donors (Lipinski definition) is 2. The summed E-state index contributed by atoms with van der Waals surface area (Å²) >= 11 is 0. The molecule has 2 N–H and O–H groups in total. The standard InChI is InChI=1S/C12H16N6O2/c1-13-9-4-3-5-10(12(9)18(19)20)14-7-6-11-15-8-17(2)16-11/h3-5,8,13-14H,6-7H2,1-2H3. The van der Waals surface area contributed by atoms with Crippen molar-refractivity contribution in [3.05, 3.63) is 40.5 Å². The first-order chi connectivity index (χ1) is 9.61. The lowest BCUT2D eigenvalue weighted by molar-refractivity contribution is -0.383. The maximum atomic E-state index is 11.1. The van der Waals surface area contributed by atoms with Gasteiger partial charge in [-0.25, -0.2) is 4.98 Å². The van der Waals surface area contributed by atoms with Crippen LogP contribution in [-0.2, 0) is 13.5 Å². The SMILES string of the molecule is CNc1cccc(NCCc2ncn(C)n2)c1[N+](=O)[O-]. The average molecular weight is 276 g/mol. The smallest absolute Gasteiger partial charge is 0.315 e. The molecule has 0 aliphatic carbocycles. The predicted molar refractivity (Wildman–Crippen MR) is 75.8 cm³/mol. The van der Waals surface area contributed by atoms with Crippen molar-refractivity contribution in [3.8, 4) is 0 Å². The molecule has 0 aliphatic rings. The Bertz CT molecular complexity index is 610. The summed E-state index contributed by atoms with van der Waals surface area (Å²) in [6, 6.07) is 5.12. The fourth-order valence-electron chi connectivity index (χ4n) is 1.89. The van der Waals surface area contributed by atoms with E-state index in [-0.39, 0.29) is 5.69 Å². The highest BCUT2D eigenvalue weighted by Gasteiger charge is 2.18. The first-order valence-corrected chi connectivity index (χ1v) is 6.15. The zero-order valence-electron chi connectivity index (χ0n) is 11.3. The van der Waals surface area contributed by atoms with Crippen molar-refractivity contribution in [2.75, 3.05) is 24.2 Å². The third kappa shape index (κ3) is 3.02. The summed E-state index contributed by atoms with van der Waals surface area (Å²) in [6.45, 7) is 0.526. The quantitative estimate of drug-likeness (QED) is 0.611. The Balaban J connectivity index is 2.07. The molecule has 20 heavy (non-hydrogen) atoms. The lowest BCUT2D eigenvalue weighted by Crippen LogP contribution is -2.09. The van der Waals surface area contributed by atoms with Crippen molar-refractivity contribution in [2.24, 2.45) is 7.05 Å². The molecule has 0 bridgehead atoms. The zero-order chi connectivity index (χ0) is 14.5. The molecular formula is C12H16N6O2. The van der Waals surface area contributed by atoms with Crippen LogP contribution in [0.15, 0.2) is 24.5 Å². The monoisotopic (exact) mass is 276 g/mol. The van der Waals surface area contributed by atoms with Gasteiger partial charge in [-0.05, 0) is 12.1 Å². The molecule has 0 atom stereocenters. The normalized spacial score (nSPS) is 10.3. The van der Waals surface area contributed by atoms with Gasteiger partial charge in [0.25, 0.3) is 0 Å². The number of aromatic nitrogens is 3. The highest BCUT2D eigenvalue weighted by molar-refractivity contribution is 5.75. The van der Waals surface area contributed by atoms with Crippen molar-refractivity contribution in [1.82, 2.24) is 14.8 Å². The molecule has 0 saturated carbocycles. The third-order valence-electron chi connectivity index (χ3n) is 2.80. The van der Waals surface area contributed by atoms with Crippen molar-refractivity contribution in [1.29, 1.82) is 0 Å². The van der Waals surface area contributed by atoms with Gasteiger partial charge in [0.05, 0.1) is 4.92 Å². The number of nitrogens with one attached hydrogen (secondary N) is 2. The second-order valence-electron chi connectivity index (χ2n) is 4.22. The molecule has 0 saturated heterocycles. The molecule has 2 aromatic rings. The van der Waals surface area contributed by atoms with E-state index in [1.807, 2.05) is 0 Å². The molecule has 0 amide bonds. The van der Waals surface area contributed by atoms with Crippen LogP contribution in [0.1, 0.15) is 5.82 Å². The highest BCUT2D eigenvalue weighted by atomic mass is 16.6. The minimum Gasteiger partial charge on any atom is -0.382 e. The number of nitrogens with zero attached hydrogens (tertiary/aromatic N) is 4. The summed E-state index contributed by atoms with van der Waals surface area (Å²) < 4.78 is 1.62. The number of nitro groups is 1. The molecule has 1 aromatic carbocycles. The van der Waals surface area contributed by atoms with Crippen molar-refractivity contribution in [3.63, 3.8) is 0 Å². The highest BCUT2D eigenvalue weighted by Crippen LogP contribution is 2.32. The Morgan fingerprint density at radius 3 is 2.75 bits per heavy atom. The van der Waals surface area contributed by atoms with Gasteiger partial charge in [-0.1, -0.05) is 6.07 Å². The van der Waals surface area contributed by atoms with Gasteiger partial charge < -0.3 is 10.6 Å². The fourth-order valence-corrected chi connectivity index (χ4v) is 1.89. The molecular weight excluding hydrogens is 260 g/mol. The maximum Gasteiger partial charge on any atom is 0.315 e. The van der Waals surface area contributed by atoms with E-state index in [2.05, 4.69) is 20.7 Å². The average Bonchev–Trinajstić information content (AvgIpc) is 2.83. The van der Waals surface area contributed by atoms with Gasteiger partial charge in [-0.2, -0.15) is 5.10 Å². The molecule has 0 spiro atoms. The van der Waals surface area contributed by atoms with E-state index in [1.54, 1.807) is 43.3 Å². The minimum absolute atomic E-state index is 0.0454. The van der Waals surface area contributed by atoms with Gasteiger partial charge in [-0.15, -0.1) is 0 Å². The Labute approximate surface area is 116 Å². The number of hydrogen-bond acceptors (Lipinski definition) is 6. The van der Waals surface area contributed by atoms with Crippen molar-refractivity contribution in [2.45, 2.75) is 6.42 Å². The van der Waals surface area contributed by atoms with Crippen LogP contribution >= 0.6 is 0 Å². The lowest BCUT2D eigenvalue weighted by Gasteiger charge is -2.09. The van der Waals surface area contributed by atoms with E-state index in [1.165, 1.54) is 0 Å². The molecule has 1 heterocycles. The van der Waals surface area contributed by atoms with Crippen LogP contribution in [0.5, 0.6) is 0 Å². The van der Waals surface area contributed by atoms with E-state index in [0.29, 0.717) is 30.2 Å². The molecule has 8 heteroatoms. The van der Waals surface area contributed by atoms with Gasteiger partial charge in [0, 0.05) is 27.1 Å². The number of aryl methyl sites for hydroxylation is 1. The third-order valence-corrected chi connectivity index (χ3v) is 2.80. The predicted octanol–water partition coefficient (Wildman–Crippen LogP) is 1.42. The Morgan fingerprint density at radius 2 is 2.15 bits per heavy atom. The Hall–Kier alpha value is -2.64. The van der Waals surface area contributed by atoms with Crippen LogP contribution in [0.2, 0.25) is 0 Å². The van der Waals surface area contributed by atoms with E-state index < -0.39 is 4.92 Å². The van der Waals surface area contributed by atoms with E-state index in [4.69, 9.17) is 0 Å². The molecule has 106 valence electrons. The van der Waals surface area contributed by atoms with E-state index in [9.17, 15) is 10.1 Å². The summed E-state index contributed by atoms with van der Waals surface area (Å²) in [5.74, 6) is 0.701. The van der Waals surface area contributed by atoms with Crippen LogP contribution in [0.4, 0.5) is 17.1 Å². The summed E-state index contributed by atoms with van der Waals surface area (Å²) in [5, 5.41) is 21.2. The maximum absolute atomic E-state index is 11.1. The summed E-state index contributed by atoms with van der Waals surface area (Å²) in [5.41, 5.74) is 1.01. The summed E-state index contributed by atoms with van der Waals surface area (Å²) in [7, 11) is 3.45. The van der Waals surface area contributed by atoms with Crippen LogP contribution in [0.3, 0.4) is 0 Å². The van der Waals surface area contributed by atoms with E-state index in [0.717, 1.165) is 0 Å². The van der Waals surface area contributed by atoms with Gasteiger partial charge in [0.1, 0.15) is 17.7 Å². The molecule has 0 unspecified atom stereocenters. The fraction of sp³-hybridized carbons (Fsp3) is 0.333. The molecule has 8 nitrogen and oxygen atoms in total. The largest absolute Gasteiger partial charge is 0.382 e. The van der Waals surface area contributed by atoms with Crippen molar-refractivity contribution < 1.29 is 4.92 Å². The van der Waals surface area contributed by atoms with E-state index >= 15 is 0 Å². The molecule has 0 fully saturated rings. The Morgan fingerprint density at radius 1 is 1.40 bits per heavy atom. The number of benzene rings is 1. The minimum atomic E-state index is -0.396. The van der Waals surface area contributed by atoms with Crippen LogP contribution in [0.25, 0.3) is 0 Å². The zero-order valence-corrected chi connectivity index (χ0v) is 11.3. The van der Waals surface area contributed by atoms with Crippen molar-refractivity contribution >= 4 is 17.1 Å². The van der Waals surface area contributed by atoms with Gasteiger partial charge in [-0.3, -0.25) is 14.8 Å². The first kappa shape index (κ1) is 13.8. The summed E-state index contributed by atoms with van der Waals surface area (Å²) in [4.78, 5) is 14.8. The molecule has 0 radical (unpaired) electrons. The Kier molecular flexibility index (Phi) is 4.14. The van der Waals surface area contributed by atoms with Crippen LogP contribution in [-0.4, -0.2) is 33.3 Å². The number of rotatable bonds is 6. The van der Waals surface area contributed by atoms with Gasteiger partial charge >= 0.3 is 5.69 Å². The topological polar surface area (TPSA) is 97.9 Å². The lowest BCUT2D eigenvalue weighted by atomic mass is 10.2.